The summed E-state index contributed by atoms with van der Waals surface area (Å²) in [6, 6.07) is 12.3. The molecule has 3 rings (SSSR count). The van der Waals surface area contributed by atoms with E-state index in [0.29, 0.717) is 35.3 Å². The highest BCUT2D eigenvalue weighted by Crippen LogP contribution is 2.28. The molecule has 1 heterocycles. The van der Waals surface area contributed by atoms with Gasteiger partial charge in [0.05, 0.1) is 19.9 Å². The third-order valence-electron chi connectivity index (χ3n) is 4.18. The van der Waals surface area contributed by atoms with Gasteiger partial charge in [0.2, 0.25) is 23.5 Å². The van der Waals surface area contributed by atoms with E-state index in [1.807, 2.05) is 24.3 Å². The van der Waals surface area contributed by atoms with Gasteiger partial charge in [-0.25, -0.2) is 0 Å². The van der Waals surface area contributed by atoms with Crippen molar-refractivity contribution in [2.45, 2.75) is 19.8 Å². The maximum atomic E-state index is 12.3. The van der Waals surface area contributed by atoms with E-state index in [4.69, 9.17) is 14.0 Å². The van der Waals surface area contributed by atoms with Gasteiger partial charge in [0.1, 0.15) is 11.5 Å². The number of hydrogen-bond donors (Lipinski definition) is 2. The Kier molecular flexibility index (Phi) is 6.63. The normalized spacial score (nSPS) is 10.4. The highest BCUT2D eigenvalue weighted by atomic mass is 16.5. The number of benzene rings is 2. The average molecular weight is 410 g/mol. The molecule has 0 bridgehead atoms. The molecule has 0 spiro atoms. The van der Waals surface area contributed by atoms with Crippen LogP contribution < -0.4 is 20.1 Å². The lowest BCUT2D eigenvalue weighted by Crippen LogP contribution is -2.13. The molecule has 0 aliphatic carbocycles. The van der Waals surface area contributed by atoms with Gasteiger partial charge in [-0.3, -0.25) is 9.59 Å². The first kappa shape index (κ1) is 20.8. The molecule has 0 saturated heterocycles. The lowest BCUT2D eigenvalue weighted by molar-refractivity contribution is -0.116. The number of ether oxygens (including phenoxy) is 2. The largest absolute Gasteiger partial charge is 0.497 e. The Morgan fingerprint density at radius 1 is 1.03 bits per heavy atom. The summed E-state index contributed by atoms with van der Waals surface area (Å²) in [6.45, 7) is 1.40. The van der Waals surface area contributed by atoms with Crippen LogP contribution in [0.2, 0.25) is 0 Å². The molecule has 0 saturated carbocycles. The molecule has 2 amide bonds. The number of anilines is 2. The number of carbonyl (C=O) groups is 2. The van der Waals surface area contributed by atoms with E-state index >= 15 is 0 Å². The van der Waals surface area contributed by atoms with Crippen LogP contribution in [-0.4, -0.2) is 36.2 Å². The molecule has 2 aromatic carbocycles. The topological polar surface area (TPSA) is 116 Å². The third-order valence-corrected chi connectivity index (χ3v) is 4.18. The van der Waals surface area contributed by atoms with Crippen LogP contribution in [0.25, 0.3) is 11.4 Å². The minimum atomic E-state index is -0.235. The monoisotopic (exact) mass is 410 g/mol. The SMILES string of the molecule is COc1ccc(-c2noc(CCC(=O)Nc3ccc(OC)c(NC(C)=O)c3)n2)cc1. The standard InChI is InChI=1S/C21H22N4O5/c1-13(26)22-17-12-15(6-9-18(17)29-3)23-19(27)10-11-20-24-21(25-30-20)14-4-7-16(28-2)8-5-14/h4-9,12H,10-11H2,1-3H3,(H,22,26)(H,23,27). The summed E-state index contributed by atoms with van der Waals surface area (Å²) in [6.07, 6.45) is 0.454. The fourth-order valence-electron chi connectivity index (χ4n) is 2.73. The van der Waals surface area contributed by atoms with Gasteiger partial charge < -0.3 is 24.6 Å². The fourth-order valence-corrected chi connectivity index (χ4v) is 2.73. The summed E-state index contributed by atoms with van der Waals surface area (Å²) >= 11 is 0. The number of amides is 2. The van der Waals surface area contributed by atoms with Gasteiger partial charge in [0.25, 0.3) is 0 Å². The second-order valence-electron chi connectivity index (χ2n) is 6.38. The summed E-state index contributed by atoms with van der Waals surface area (Å²) in [7, 11) is 3.10. The molecule has 0 atom stereocenters. The van der Waals surface area contributed by atoms with Crippen LogP contribution >= 0.6 is 0 Å². The van der Waals surface area contributed by atoms with Crippen molar-refractivity contribution >= 4 is 23.2 Å². The van der Waals surface area contributed by atoms with Gasteiger partial charge >= 0.3 is 0 Å². The van der Waals surface area contributed by atoms with Gasteiger partial charge in [-0.15, -0.1) is 0 Å². The van der Waals surface area contributed by atoms with Crippen LogP contribution in [-0.2, 0) is 16.0 Å². The minimum absolute atomic E-state index is 0.158. The van der Waals surface area contributed by atoms with Crippen LogP contribution in [0.15, 0.2) is 47.0 Å². The van der Waals surface area contributed by atoms with E-state index in [1.165, 1.54) is 14.0 Å². The van der Waals surface area contributed by atoms with Crippen molar-refractivity contribution in [3.05, 3.63) is 48.4 Å². The molecular weight excluding hydrogens is 388 g/mol. The average Bonchev–Trinajstić information content (AvgIpc) is 3.21. The fraction of sp³-hybridized carbons (Fsp3) is 0.238. The molecule has 2 N–H and O–H groups in total. The first-order valence-corrected chi connectivity index (χ1v) is 9.21. The molecule has 0 aliphatic heterocycles. The Morgan fingerprint density at radius 3 is 2.47 bits per heavy atom. The van der Waals surface area contributed by atoms with Crippen LogP contribution in [0.5, 0.6) is 11.5 Å². The molecule has 0 radical (unpaired) electrons. The van der Waals surface area contributed by atoms with E-state index in [0.717, 1.165) is 11.3 Å². The van der Waals surface area contributed by atoms with Crippen molar-refractivity contribution < 1.29 is 23.6 Å². The number of rotatable bonds is 8. The van der Waals surface area contributed by atoms with Gasteiger partial charge in [0, 0.05) is 31.0 Å². The number of hydrogen-bond acceptors (Lipinski definition) is 7. The maximum Gasteiger partial charge on any atom is 0.227 e. The van der Waals surface area contributed by atoms with E-state index in [2.05, 4.69) is 20.8 Å². The van der Waals surface area contributed by atoms with Crippen molar-refractivity contribution in [1.82, 2.24) is 10.1 Å². The molecule has 156 valence electrons. The number of aromatic nitrogens is 2. The van der Waals surface area contributed by atoms with Crippen LogP contribution in [0.1, 0.15) is 19.2 Å². The van der Waals surface area contributed by atoms with Crippen LogP contribution in [0.4, 0.5) is 11.4 Å². The summed E-state index contributed by atoms with van der Waals surface area (Å²) in [5.41, 5.74) is 1.80. The molecule has 0 fully saturated rings. The Hall–Kier alpha value is -3.88. The van der Waals surface area contributed by atoms with Gasteiger partial charge in [-0.1, -0.05) is 5.16 Å². The van der Waals surface area contributed by atoms with E-state index in [9.17, 15) is 9.59 Å². The maximum absolute atomic E-state index is 12.3. The quantitative estimate of drug-likeness (QED) is 0.585. The first-order chi connectivity index (χ1) is 14.5. The lowest BCUT2D eigenvalue weighted by atomic mass is 10.2. The van der Waals surface area contributed by atoms with Crippen molar-refractivity contribution in [1.29, 1.82) is 0 Å². The summed E-state index contributed by atoms with van der Waals surface area (Å²) in [5, 5.41) is 9.39. The van der Waals surface area contributed by atoms with Crippen molar-refractivity contribution in [2.75, 3.05) is 24.9 Å². The molecule has 0 unspecified atom stereocenters. The van der Waals surface area contributed by atoms with Gasteiger partial charge in [0.15, 0.2) is 0 Å². The van der Waals surface area contributed by atoms with Crippen LogP contribution in [0.3, 0.4) is 0 Å². The second-order valence-corrected chi connectivity index (χ2v) is 6.38. The van der Waals surface area contributed by atoms with Gasteiger partial charge in [-0.05, 0) is 42.5 Å². The number of methoxy groups -OCH3 is 2. The van der Waals surface area contributed by atoms with E-state index in [1.54, 1.807) is 25.3 Å². The lowest BCUT2D eigenvalue weighted by Gasteiger charge is -2.11. The van der Waals surface area contributed by atoms with Crippen molar-refractivity contribution in [2.24, 2.45) is 0 Å². The molecule has 3 aromatic rings. The highest BCUT2D eigenvalue weighted by molar-refractivity contribution is 5.94. The highest BCUT2D eigenvalue weighted by Gasteiger charge is 2.12. The molecule has 9 heteroatoms. The Bertz CT molecular complexity index is 1030. The van der Waals surface area contributed by atoms with Gasteiger partial charge in [-0.2, -0.15) is 4.98 Å². The zero-order valence-corrected chi connectivity index (χ0v) is 16.9. The van der Waals surface area contributed by atoms with E-state index in [-0.39, 0.29) is 18.2 Å². The Morgan fingerprint density at radius 2 is 1.80 bits per heavy atom. The molecule has 1 aromatic heterocycles. The number of nitrogens with one attached hydrogen (secondary N) is 2. The zero-order valence-electron chi connectivity index (χ0n) is 16.9. The summed E-state index contributed by atoms with van der Waals surface area (Å²) in [5.74, 6) is 1.59. The molecule has 30 heavy (non-hydrogen) atoms. The van der Waals surface area contributed by atoms with Crippen molar-refractivity contribution in [3.8, 4) is 22.9 Å². The Balaban J connectivity index is 1.58. The first-order valence-electron chi connectivity index (χ1n) is 9.21. The smallest absolute Gasteiger partial charge is 0.227 e. The predicted octanol–water partition coefficient (Wildman–Crippen LogP) is 3.28. The third kappa shape index (κ3) is 5.34. The predicted molar refractivity (Wildman–Crippen MR) is 111 cm³/mol. The molecule has 9 nitrogen and oxygen atoms in total. The number of nitrogens with zero attached hydrogens (tertiary/aromatic N) is 2. The van der Waals surface area contributed by atoms with Crippen LogP contribution in [0, 0.1) is 0 Å². The zero-order chi connectivity index (χ0) is 21.5. The molecule has 0 aliphatic rings. The van der Waals surface area contributed by atoms with Crippen molar-refractivity contribution in [3.63, 3.8) is 0 Å². The number of carbonyl (C=O) groups excluding carboxylic acids is 2. The second kappa shape index (κ2) is 9.55. The Labute approximate surface area is 173 Å². The summed E-state index contributed by atoms with van der Waals surface area (Å²) in [4.78, 5) is 27.9. The summed E-state index contributed by atoms with van der Waals surface area (Å²) < 4.78 is 15.6. The molecular formula is C21H22N4O5. The number of aryl methyl sites for hydroxylation is 1. The minimum Gasteiger partial charge on any atom is -0.497 e. The van der Waals surface area contributed by atoms with E-state index < -0.39 is 0 Å².